The first-order valence-corrected chi connectivity index (χ1v) is 6.20. The van der Waals surface area contributed by atoms with Crippen LogP contribution in [0.3, 0.4) is 0 Å². The van der Waals surface area contributed by atoms with Gasteiger partial charge in [0.25, 0.3) is 0 Å². The zero-order valence-corrected chi connectivity index (χ0v) is 10.9. The number of likely N-dealkylation sites (N-methyl/N-ethyl adjacent to an activating group) is 1. The molecule has 0 saturated carbocycles. The van der Waals surface area contributed by atoms with Crippen molar-refractivity contribution in [3.05, 3.63) is 22.4 Å². The molecule has 86 valence electrons. The summed E-state index contributed by atoms with van der Waals surface area (Å²) in [4.78, 5) is 1.43. The Kier molecular flexibility index (Phi) is 4.77. The lowest BCUT2D eigenvalue weighted by Gasteiger charge is -2.28. The fourth-order valence-corrected chi connectivity index (χ4v) is 2.41. The van der Waals surface area contributed by atoms with Crippen LogP contribution in [0, 0.1) is 0 Å². The van der Waals surface area contributed by atoms with E-state index in [0.717, 1.165) is 12.8 Å². The van der Waals surface area contributed by atoms with Crippen molar-refractivity contribution >= 4 is 11.3 Å². The van der Waals surface area contributed by atoms with Crippen LogP contribution in [0.1, 0.15) is 25.1 Å². The second kappa shape index (κ2) is 5.64. The van der Waals surface area contributed by atoms with Gasteiger partial charge in [-0.3, -0.25) is 0 Å². The molecule has 0 aliphatic heterocycles. The van der Waals surface area contributed by atoms with E-state index in [1.54, 1.807) is 7.11 Å². The standard InChI is InChI=1S/C12H21NOS/c1-12(2,14-4)9-10(13-3)8-11-6-5-7-15-11/h5-7,10,13H,8-9H2,1-4H3. The summed E-state index contributed by atoms with van der Waals surface area (Å²) in [6, 6.07) is 4.78. The van der Waals surface area contributed by atoms with Gasteiger partial charge in [-0.1, -0.05) is 6.07 Å². The van der Waals surface area contributed by atoms with Gasteiger partial charge in [0, 0.05) is 18.0 Å². The lowest BCUT2D eigenvalue weighted by Crippen LogP contribution is -2.37. The third-order valence-corrected chi connectivity index (χ3v) is 3.63. The molecule has 15 heavy (non-hydrogen) atoms. The Morgan fingerprint density at radius 1 is 1.53 bits per heavy atom. The van der Waals surface area contributed by atoms with Gasteiger partial charge in [-0.25, -0.2) is 0 Å². The molecule has 1 aromatic rings. The van der Waals surface area contributed by atoms with E-state index in [0.29, 0.717) is 6.04 Å². The molecule has 1 aromatic heterocycles. The average Bonchev–Trinajstić information content (AvgIpc) is 2.69. The lowest BCUT2D eigenvalue weighted by molar-refractivity contribution is 0.00778. The number of thiophene rings is 1. The quantitative estimate of drug-likeness (QED) is 0.807. The molecule has 1 atom stereocenters. The third-order valence-electron chi connectivity index (χ3n) is 2.73. The van der Waals surface area contributed by atoms with Crippen LogP contribution in [0.15, 0.2) is 17.5 Å². The molecule has 0 spiro atoms. The Morgan fingerprint density at radius 2 is 2.27 bits per heavy atom. The summed E-state index contributed by atoms with van der Waals surface area (Å²) >= 11 is 1.82. The highest BCUT2D eigenvalue weighted by molar-refractivity contribution is 7.09. The van der Waals surface area contributed by atoms with Crippen molar-refractivity contribution in [3.63, 3.8) is 0 Å². The molecule has 1 N–H and O–H groups in total. The largest absolute Gasteiger partial charge is 0.379 e. The first-order valence-electron chi connectivity index (χ1n) is 5.32. The van der Waals surface area contributed by atoms with Crippen molar-refractivity contribution in [2.24, 2.45) is 0 Å². The second-order valence-corrected chi connectivity index (χ2v) is 5.47. The predicted molar refractivity (Wildman–Crippen MR) is 66.6 cm³/mol. The van der Waals surface area contributed by atoms with E-state index in [9.17, 15) is 0 Å². The molecule has 0 saturated heterocycles. The van der Waals surface area contributed by atoms with E-state index in [-0.39, 0.29) is 5.60 Å². The maximum Gasteiger partial charge on any atom is 0.0637 e. The summed E-state index contributed by atoms with van der Waals surface area (Å²) in [5.74, 6) is 0. The van der Waals surface area contributed by atoms with Crippen LogP contribution >= 0.6 is 11.3 Å². The number of methoxy groups -OCH3 is 1. The molecule has 0 bridgehead atoms. The van der Waals surface area contributed by atoms with E-state index in [1.165, 1.54) is 4.88 Å². The van der Waals surface area contributed by atoms with Gasteiger partial charge in [-0.05, 0) is 45.2 Å². The van der Waals surface area contributed by atoms with Gasteiger partial charge < -0.3 is 10.1 Å². The molecule has 1 unspecified atom stereocenters. The zero-order valence-electron chi connectivity index (χ0n) is 10.0. The SMILES string of the molecule is CNC(Cc1cccs1)CC(C)(C)OC. The van der Waals surface area contributed by atoms with E-state index in [1.807, 2.05) is 18.4 Å². The van der Waals surface area contributed by atoms with Gasteiger partial charge >= 0.3 is 0 Å². The number of hydrogen-bond donors (Lipinski definition) is 1. The monoisotopic (exact) mass is 227 g/mol. The Bertz CT molecular complexity index is 269. The van der Waals surface area contributed by atoms with Crippen LogP contribution < -0.4 is 5.32 Å². The molecule has 0 fully saturated rings. The van der Waals surface area contributed by atoms with E-state index in [2.05, 4.69) is 36.7 Å². The van der Waals surface area contributed by atoms with Gasteiger partial charge in [0.15, 0.2) is 0 Å². The summed E-state index contributed by atoms with van der Waals surface area (Å²) in [6.45, 7) is 4.26. The fraction of sp³-hybridized carbons (Fsp3) is 0.667. The van der Waals surface area contributed by atoms with E-state index >= 15 is 0 Å². The zero-order chi connectivity index (χ0) is 11.3. The molecule has 0 aliphatic carbocycles. The fourth-order valence-electron chi connectivity index (χ4n) is 1.62. The van der Waals surface area contributed by atoms with Crippen molar-refractivity contribution in [1.82, 2.24) is 5.32 Å². The minimum atomic E-state index is -0.0507. The highest BCUT2D eigenvalue weighted by atomic mass is 32.1. The molecule has 0 radical (unpaired) electrons. The number of nitrogens with one attached hydrogen (secondary N) is 1. The summed E-state index contributed by atoms with van der Waals surface area (Å²) in [5, 5.41) is 5.49. The van der Waals surface area contributed by atoms with Crippen LogP contribution in [-0.2, 0) is 11.2 Å². The van der Waals surface area contributed by atoms with Crippen LogP contribution in [0.5, 0.6) is 0 Å². The molecule has 0 aliphatic rings. The molecular weight excluding hydrogens is 206 g/mol. The molecule has 0 aromatic carbocycles. The van der Waals surface area contributed by atoms with Gasteiger partial charge in [0.1, 0.15) is 0 Å². The van der Waals surface area contributed by atoms with Gasteiger partial charge in [-0.2, -0.15) is 0 Å². The molecule has 1 rings (SSSR count). The number of rotatable bonds is 6. The first-order chi connectivity index (χ1) is 7.07. The van der Waals surface area contributed by atoms with E-state index < -0.39 is 0 Å². The van der Waals surface area contributed by atoms with Crippen molar-refractivity contribution in [2.75, 3.05) is 14.2 Å². The van der Waals surface area contributed by atoms with Crippen LogP contribution in [-0.4, -0.2) is 25.8 Å². The highest BCUT2D eigenvalue weighted by Crippen LogP contribution is 2.19. The maximum absolute atomic E-state index is 5.45. The van der Waals surface area contributed by atoms with Gasteiger partial charge in [0.2, 0.25) is 0 Å². The van der Waals surface area contributed by atoms with Crippen LogP contribution in [0.4, 0.5) is 0 Å². The molecule has 1 heterocycles. The normalized spacial score (nSPS) is 14.1. The van der Waals surface area contributed by atoms with Gasteiger partial charge in [-0.15, -0.1) is 11.3 Å². The summed E-state index contributed by atoms with van der Waals surface area (Å²) in [6.07, 6.45) is 2.11. The molecular formula is C12H21NOS. The van der Waals surface area contributed by atoms with Crippen molar-refractivity contribution < 1.29 is 4.74 Å². The third kappa shape index (κ3) is 4.33. The summed E-state index contributed by atoms with van der Waals surface area (Å²) in [5.41, 5.74) is -0.0507. The summed E-state index contributed by atoms with van der Waals surface area (Å²) in [7, 11) is 3.79. The Balaban J connectivity index is 2.50. The molecule has 3 heteroatoms. The van der Waals surface area contributed by atoms with Crippen LogP contribution in [0.25, 0.3) is 0 Å². The first kappa shape index (κ1) is 12.7. The number of hydrogen-bond acceptors (Lipinski definition) is 3. The minimum Gasteiger partial charge on any atom is -0.379 e. The smallest absolute Gasteiger partial charge is 0.0637 e. The van der Waals surface area contributed by atoms with Crippen molar-refractivity contribution in [1.29, 1.82) is 0 Å². The van der Waals surface area contributed by atoms with E-state index in [4.69, 9.17) is 4.74 Å². The predicted octanol–water partition coefficient (Wildman–Crippen LogP) is 2.69. The van der Waals surface area contributed by atoms with Gasteiger partial charge in [0.05, 0.1) is 5.60 Å². The Hall–Kier alpha value is -0.380. The summed E-state index contributed by atoms with van der Waals surface area (Å²) < 4.78 is 5.45. The maximum atomic E-state index is 5.45. The van der Waals surface area contributed by atoms with Crippen molar-refractivity contribution in [3.8, 4) is 0 Å². The average molecular weight is 227 g/mol. The Labute approximate surface area is 96.7 Å². The van der Waals surface area contributed by atoms with Crippen LogP contribution in [0.2, 0.25) is 0 Å². The highest BCUT2D eigenvalue weighted by Gasteiger charge is 2.22. The topological polar surface area (TPSA) is 21.3 Å². The number of ether oxygens (including phenoxy) is 1. The van der Waals surface area contributed by atoms with Crippen molar-refractivity contribution in [2.45, 2.75) is 38.3 Å². The molecule has 2 nitrogen and oxygen atoms in total. The molecule has 0 amide bonds. The second-order valence-electron chi connectivity index (χ2n) is 4.44. The minimum absolute atomic E-state index is 0.0507. The Morgan fingerprint density at radius 3 is 2.73 bits per heavy atom. The lowest BCUT2D eigenvalue weighted by atomic mass is 9.96.